The summed E-state index contributed by atoms with van der Waals surface area (Å²) in [5.41, 5.74) is 2.16. The van der Waals surface area contributed by atoms with Crippen LogP contribution in [0.4, 0.5) is 4.39 Å². The largest absolute Gasteiger partial charge is 0.493 e. The number of benzene rings is 2. The van der Waals surface area contributed by atoms with Crippen molar-refractivity contribution >= 4 is 5.91 Å². The van der Waals surface area contributed by atoms with E-state index in [-0.39, 0.29) is 18.1 Å². The van der Waals surface area contributed by atoms with Crippen molar-refractivity contribution in [1.82, 2.24) is 15.1 Å². The highest BCUT2D eigenvalue weighted by atomic mass is 19.1. The highest BCUT2D eigenvalue weighted by molar-refractivity contribution is 5.76. The highest BCUT2D eigenvalue weighted by Crippen LogP contribution is 2.35. The lowest BCUT2D eigenvalue weighted by Crippen LogP contribution is -2.23. The Bertz CT molecular complexity index is 1030. The van der Waals surface area contributed by atoms with Crippen molar-refractivity contribution in [2.24, 2.45) is 0 Å². The zero-order chi connectivity index (χ0) is 21.5. The van der Waals surface area contributed by atoms with Gasteiger partial charge >= 0.3 is 0 Å². The van der Waals surface area contributed by atoms with Crippen LogP contribution in [0, 0.1) is 12.7 Å². The molecule has 0 radical (unpaired) electrons. The Morgan fingerprint density at radius 3 is 2.57 bits per heavy atom. The molecule has 0 aliphatic carbocycles. The first-order valence-corrected chi connectivity index (χ1v) is 9.56. The average Bonchev–Trinajstić information content (AvgIpc) is 3.06. The Morgan fingerprint density at radius 1 is 1.20 bits per heavy atom. The zero-order valence-electron chi connectivity index (χ0n) is 17.0. The Morgan fingerprint density at radius 2 is 1.90 bits per heavy atom. The Kier molecular flexibility index (Phi) is 6.85. The summed E-state index contributed by atoms with van der Waals surface area (Å²) in [6.45, 7) is 5.87. The number of halogens is 1. The smallest absolute Gasteiger partial charge is 0.226 e. The minimum atomic E-state index is -0.339. The maximum absolute atomic E-state index is 13.4. The van der Waals surface area contributed by atoms with E-state index in [2.05, 4.69) is 17.0 Å². The second-order valence-electron chi connectivity index (χ2n) is 6.60. The molecule has 0 saturated heterocycles. The third kappa shape index (κ3) is 4.86. The number of nitrogens with one attached hydrogen (secondary N) is 1. The van der Waals surface area contributed by atoms with Gasteiger partial charge in [0.15, 0.2) is 11.5 Å². The molecule has 2 aromatic carbocycles. The molecule has 0 aliphatic rings. The van der Waals surface area contributed by atoms with Gasteiger partial charge in [-0.2, -0.15) is 5.10 Å². The minimum absolute atomic E-state index is 0.0907. The van der Waals surface area contributed by atoms with Crippen molar-refractivity contribution in [2.45, 2.75) is 19.8 Å². The molecular formula is C23H24FN3O3. The Labute approximate surface area is 174 Å². The van der Waals surface area contributed by atoms with E-state index < -0.39 is 0 Å². The number of aryl methyl sites for hydroxylation is 1. The van der Waals surface area contributed by atoms with Gasteiger partial charge in [0.1, 0.15) is 5.82 Å². The predicted molar refractivity (Wildman–Crippen MR) is 113 cm³/mol. The van der Waals surface area contributed by atoms with E-state index in [1.54, 1.807) is 42.1 Å². The van der Waals surface area contributed by atoms with E-state index >= 15 is 0 Å². The van der Waals surface area contributed by atoms with Crippen molar-refractivity contribution in [3.8, 4) is 23.1 Å². The van der Waals surface area contributed by atoms with Crippen LogP contribution in [0.5, 0.6) is 17.4 Å². The first kappa shape index (κ1) is 21.1. The summed E-state index contributed by atoms with van der Waals surface area (Å²) in [4.78, 5) is 12.1. The van der Waals surface area contributed by atoms with Gasteiger partial charge in [-0.15, -0.1) is 6.58 Å². The number of nitrogens with zero attached hydrogens (tertiary/aromatic N) is 2. The second kappa shape index (κ2) is 9.73. The van der Waals surface area contributed by atoms with Crippen LogP contribution in [-0.2, 0) is 11.2 Å². The average molecular weight is 409 g/mol. The number of carbonyl (C=O) groups excluding carboxylic acids is 1. The van der Waals surface area contributed by atoms with Crippen LogP contribution < -0.4 is 14.8 Å². The second-order valence-corrected chi connectivity index (χ2v) is 6.60. The fraction of sp³-hybridized carbons (Fsp3) is 0.217. The lowest BCUT2D eigenvalue weighted by Gasteiger charge is -2.13. The number of carbonyl (C=O) groups is 1. The topological polar surface area (TPSA) is 65.4 Å². The monoisotopic (exact) mass is 409 g/mol. The van der Waals surface area contributed by atoms with Crippen molar-refractivity contribution in [3.05, 3.63) is 78.3 Å². The fourth-order valence-electron chi connectivity index (χ4n) is 3.01. The molecule has 1 aromatic heterocycles. The first-order chi connectivity index (χ1) is 14.5. The van der Waals surface area contributed by atoms with Crippen LogP contribution in [0.2, 0.25) is 0 Å². The summed E-state index contributed by atoms with van der Waals surface area (Å²) in [5, 5.41) is 7.35. The molecule has 3 rings (SSSR count). The maximum Gasteiger partial charge on any atom is 0.226 e. The zero-order valence-corrected chi connectivity index (χ0v) is 17.0. The van der Waals surface area contributed by atoms with Gasteiger partial charge in [0.25, 0.3) is 0 Å². The van der Waals surface area contributed by atoms with Gasteiger partial charge < -0.3 is 14.8 Å². The summed E-state index contributed by atoms with van der Waals surface area (Å²) in [6.07, 6.45) is 2.33. The van der Waals surface area contributed by atoms with Crippen LogP contribution in [0.25, 0.3) is 5.69 Å². The van der Waals surface area contributed by atoms with Crippen LogP contribution in [0.3, 0.4) is 0 Å². The van der Waals surface area contributed by atoms with Crippen molar-refractivity contribution < 1.29 is 18.7 Å². The van der Waals surface area contributed by atoms with E-state index in [0.29, 0.717) is 36.0 Å². The van der Waals surface area contributed by atoms with E-state index in [9.17, 15) is 9.18 Å². The summed E-state index contributed by atoms with van der Waals surface area (Å²) >= 11 is 0. The molecule has 0 atom stereocenters. The van der Waals surface area contributed by atoms with E-state index in [4.69, 9.17) is 9.47 Å². The minimum Gasteiger partial charge on any atom is -0.493 e. The molecule has 0 fully saturated rings. The standard InChI is InChI=1S/C23H24FN3O3/c1-4-15-25-22(28)14-13-19-16(2)26-27(18-11-9-17(24)10-12-18)23(19)30-21-8-6-5-7-20(21)29-3/h4-12H,1,13-15H2,2-3H3,(H,25,28). The molecule has 30 heavy (non-hydrogen) atoms. The lowest BCUT2D eigenvalue weighted by atomic mass is 10.1. The molecule has 0 spiro atoms. The van der Waals surface area contributed by atoms with E-state index in [1.165, 1.54) is 12.1 Å². The summed E-state index contributed by atoms with van der Waals surface area (Å²) < 4.78 is 26.6. The number of aromatic nitrogens is 2. The number of para-hydroxylation sites is 2. The Balaban J connectivity index is 1.99. The molecule has 7 heteroatoms. The number of ether oxygens (including phenoxy) is 2. The van der Waals surface area contributed by atoms with Gasteiger partial charge in [0.2, 0.25) is 11.8 Å². The van der Waals surface area contributed by atoms with E-state index in [1.807, 2.05) is 19.1 Å². The number of hydrogen-bond donors (Lipinski definition) is 1. The molecule has 0 unspecified atom stereocenters. The van der Waals surface area contributed by atoms with Crippen molar-refractivity contribution in [2.75, 3.05) is 13.7 Å². The first-order valence-electron chi connectivity index (χ1n) is 9.56. The molecule has 1 heterocycles. The normalized spacial score (nSPS) is 10.5. The van der Waals surface area contributed by atoms with Gasteiger partial charge in [-0.05, 0) is 49.7 Å². The van der Waals surface area contributed by atoms with Gasteiger partial charge in [0.05, 0.1) is 18.5 Å². The van der Waals surface area contributed by atoms with Gasteiger partial charge in [-0.1, -0.05) is 18.2 Å². The Hall–Kier alpha value is -3.61. The summed E-state index contributed by atoms with van der Waals surface area (Å²) in [7, 11) is 1.57. The van der Waals surface area contributed by atoms with Crippen molar-refractivity contribution in [3.63, 3.8) is 0 Å². The number of methoxy groups -OCH3 is 1. The number of amides is 1. The van der Waals surface area contributed by atoms with Crippen LogP contribution >= 0.6 is 0 Å². The summed E-state index contributed by atoms with van der Waals surface area (Å²) in [6, 6.07) is 13.2. The SMILES string of the molecule is C=CCNC(=O)CCc1c(C)nn(-c2ccc(F)cc2)c1Oc1ccccc1OC. The van der Waals surface area contributed by atoms with Gasteiger partial charge in [0, 0.05) is 18.5 Å². The number of hydrogen-bond acceptors (Lipinski definition) is 4. The lowest BCUT2D eigenvalue weighted by molar-refractivity contribution is -0.120. The van der Waals surface area contributed by atoms with Crippen LogP contribution in [0.1, 0.15) is 17.7 Å². The molecule has 1 amide bonds. The molecule has 0 bridgehead atoms. The third-order valence-electron chi connectivity index (χ3n) is 4.53. The van der Waals surface area contributed by atoms with Crippen LogP contribution in [0.15, 0.2) is 61.2 Å². The molecule has 156 valence electrons. The van der Waals surface area contributed by atoms with Gasteiger partial charge in [-0.3, -0.25) is 4.79 Å². The highest BCUT2D eigenvalue weighted by Gasteiger charge is 2.21. The molecule has 3 aromatic rings. The molecule has 1 N–H and O–H groups in total. The van der Waals surface area contributed by atoms with Gasteiger partial charge in [-0.25, -0.2) is 9.07 Å². The molecule has 0 aliphatic heterocycles. The summed E-state index contributed by atoms with van der Waals surface area (Å²) in [5.74, 6) is 1.11. The predicted octanol–water partition coefficient (Wildman–Crippen LogP) is 4.36. The molecular weight excluding hydrogens is 385 g/mol. The van der Waals surface area contributed by atoms with Crippen molar-refractivity contribution in [1.29, 1.82) is 0 Å². The van der Waals surface area contributed by atoms with Crippen LogP contribution in [-0.4, -0.2) is 29.3 Å². The molecule has 0 saturated carbocycles. The molecule has 6 nitrogen and oxygen atoms in total. The van der Waals surface area contributed by atoms with E-state index in [0.717, 1.165) is 11.3 Å². The number of rotatable bonds is 9. The maximum atomic E-state index is 13.4. The fourth-order valence-corrected chi connectivity index (χ4v) is 3.01. The third-order valence-corrected chi connectivity index (χ3v) is 4.53. The quantitative estimate of drug-likeness (QED) is 0.534.